The van der Waals surface area contributed by atoms with Crippen molar-refractivity contribution in [2.75, 3.05) is 40.9 Å². The molecule has 0 radical (unpaired) electrons. The molecule has 3 saturated carbocycles. The molecular formula is C34H62NO7P. The van der Waals surface area contributed by atoms with E-state index < -0.39 is 20.4 Å². The molecule has 3 fully saturated rings. The highest BCUT2D eigenvalue weighted by Gasteiger charge is 2.59. The maximum absolute atomic E-state index is 12.5. The minimum absolute atomic E-state index is 0. The fraction of sp³-hybridized carbons (Fsp3) is 0.912. The van der Waals surface area contributed by atoms with Crippen molar-refractivity contribution in [1.82, 2.24) is 0 Å². The Kier molecular flexibility index (Phi) is 12.2. The van der Waals surface area contributed by atoms with E-state index in [1.165, 1.54) is 50.5 Å². The molecule has 0 aromatic rings. The van der Waals surface area contributed by atoms with Crippen molar-refractivity contribution in [1.29, 1.82) is 0 Å². The molecule has 43 heavy (non-hydrogen) atoms. The zero-order valence-corrected chi connectivity index (χ0v) is 29.2. The summed E-state index contributed by atoms with van der Waals surface area (Å²) in [7, 11) is 1.60. The lowest BCUT2D eigenvalue weighted by Gasteiger charge is -2.58. The Hall–Kier alpha value is -0.760. The highest BCUT2D eigenvalue weighted by Crippen LogP contribution is 2.67. The summed E-state index contributed by atoms with van der Waals surface area (Å²) in [6.45, 7) is 12.4. The number of fused-ring (bicyclic) bond motifs is 5. The molecule has 0 aromatic heterocycles. The molecule has 9 heteroatoms. The number of allylic oxidation sites excluding steroid dienone is 1. The zero-order valence-electron chi connectivity index (χ0n) is 28.3. The number of phosphoric acid groups is 1. The summed E-state index contributed by atoms with van der Waals surface area (Å²) in [5.74, 6) is 4.21. The smallest absolute Gasteiger partial charge is 0.472 e. The number of hydrogen-bond donors (Lipinski definition) is 1. The van der Waals surface area contributed by atoms with Gasteiger partial charge in [-0.15, -0.1) is 0 Å². The zero-order chi connectivity index (χ0) is 30.9. The first-order valence-corrected chi connectivity index (χ1v) is 18.3. The number of nitrogens with zero attached hydrogens (tertiary/aromatic N) is 1. The quantitative estimate of drug-likeness (QED) is 0.0968. The van der Waals surface area contributed by atoms with Crippen molar-refractivity contribution in [3.8, 4) is 0 Å². The molecule has 0 amide bonds. The molecule has 0 heterocycles. The van der Waals surface area contributed by atoms with Gasteiger partial charge in [0, 0.05) is 6.42 Å². The topological polar surface area (TPSA) is 112 Å². The molecule has 0 spiro atoms. The number of carbonyl (C=O) groups excluding carboxylic acids is 1. The number of phosphoric ester groups is 1. The monoisotopic (exact) mass is 627 g/mol. The van der Waals surface area contributed by atoms with Crippen LogP contribution >= 0.6 is 7.82 Å². The molecule has 0 aromatic carbocycles. The SMILES string of the molecule is CC(C)CCC[C@@H](C)[C@H]1CC[C@H]2[C@@H]3CC=C4C[C@@H](OC(=O)COP(=O)(O)OCC[N+](C)(C)C)CC[C@]4(C)[C@H]3CC[C@]12C.[OH-]. The average Bonchev–Trinajstić information content (AvgIpc) is 3.24. The van der Waals surface area contributed by atoms with Crippen LogP contribution < -0.4 is 0 Å². The fourth-order valence-corrected chi connectivity index (χ4v) is 10.2. The van der Waals surface area contributed by atoms with Gasteiger partial charge in [-0.05, 0) is 91.3 Å². The van der Waals surface area contributed by atoms with Crippen LogP contribution in [0.25, 0.3) is 0 Å². The van der Waals surface area contributed by atoms with E-state index >= 15 is 0 Å². The number of carbonyl (C=O) groups is 1. The van der Waals surface area contributed by atoms with Crippen molar-refractivity contribution < 1.29 is 38.0 Å². The summed E-state index contributed by atoms with van der Waals surface area (Å²) in [5.41, 5.74) is 2.13. The van der Waals surface area contributed by atoms with Crippen LogP contribution in [-0.2, 0) is 23.1 Å². The molecule has 0 aliphatic heterocycles. The average molecular weight is 628 g/mol. The van der Waals surface area contributed by atoms with Crippen LogP contribution in [0.15, 0.2) is 11.6 Å². The minimum Gasteiger partial charge on any atom is -0.870 e. The lowest BCUT2D eigenvalue weighted by molar-refractivity contribution is -0.870. The number of esters is 1. The maximum Gasteiger partial charge on any atom is 0.472 e. The van der Waals surface area contributed by atoms with E-state index in [2.05, 4.69) is 40.7 Å². The van der Waals surface area contributed by atoms with Crippen LogP contribution in [0.5, 0.6) is 0 Å². The minimum atomic E-state index is -4.29. The van der Waals surface area contributed by atoms with Gasteiger partial charge >= 0.3 is 13.8 Å². The van der Waals surface area contributed by atoms with E-state index in [-0.39, 0.29) is 23.6 Å². The number of rotatable bonds is 13. The Balaban J connectivity index is 0.00000506. The molecule has 0 bridgehead atoms. The molecule has 4 aliphatic carbocycles. The van der Waals surface area contributed by atoms with Gasteiger partial charge in [0.1, 0.15) is 19.3 Å². The Morgan fingerprint density at radius 2 is 1.77 bits per heavy atom. The van der Waals surface area contributed by atoms with E-state index in [9.17, 15) is 14.3 Å². The van der Waals surface area contributed by atoms with Crippen molar-refractivity contribution >= 4 is 13.8 Å². The molecule has 4 rings (SSSR count). The Labute approximate surface area is 261 Å². The molecule has 8 nitrogen and oxygen atoms in total. The van der Waals surface area contributed by atoms with Crippen LogP contribution in [-0.4, -0.2) is 67.8 Å². The third-order valence-corrected chi connectivity index (χ3v) is 12.9. The second-order valence-electron chi connectivity index (χ2n) is 16.2. The highest BCUT2D eigenvalue weighted by molar-refractivity contribution is 7.47. The second-order valence-corrected chi connectivity index (χ2v) is 17.7. The van der Waals surface area contributed by atoms with Gasteiger partial charge in [-0.2, -0.15) is 0 Å². The summed E-state index contributed by atoms with van der Waals surface area (Å²) >= 11 is 0. The predicted octanol–water partition coefficient (Wildman–Crippen LogP) is 7.60. The van der Waals surface area contributed by atoms with Gasteiger partial charge in [-0.25, -0.2) is 9.36 Å². The van der Waals surface area contributed by atoms with Gasteiger partial charge in [0.05, 0.1) is 21.1 Å². The first-order chi connectivity index (χ1) is 19.5. The van der Waals surface area contributed by atoms with Gasteiger partial charge in [0.15, 0.2) is 6.61 Å². The number of likely N-dealkylation sites (N-methyl/N-ethyl adjacent to an activating group) is 1. The van der Waals surface area contributed by atoms with Crippen molar-refractivity contribution in [2.45, 2.75) is 111 Å². The van der Waals surface area contributed by atoms with E-state index in [0.29, 0.717) is 16.4 Å². The van der Waals surface area contributed by atoms with Gasteiger partial charge in [-0.3, -0.25) is 9.05 Å². The summed E-state index contributed by atoms with van der Waals surface area (Å²) in [4.78, 5) is 22.5. The molecule has 1 unspecified atom stereocenters. The molecule has 0 saturated heterocycles. The van der Waals surface area contributed by atoms with E-state index in [1.54, 1.807) is 0 Å². The van der Waals surface area contributed by atoms with Crippen molar-refractivity contribution in [3.05, 3.63) is 11.6 Å². The van der Waals surface area contributed by atoms with Crippen LogP contribution in [0.2, 0.25) is 0 Å². The Bertz CT molecular complexity index is 1020. The first-order valence-electron chi connectivity index (χ1n) is 16.9. The molecule has 4 aliphatic rings. The maximum atomic E-state index is 12.5. The third kappa shape index (κ3) is 8.74. The van der Waals surface area contributed by atoms with Crippen LogP contribution in [0.3, 0.4) is 0 Å². The molecule has 9 atom stereocenters. The summed E-state index contributed by atoms with van der Waals surface area (Å²) < 4.78 is 28.5. The van der Waals surface area contributed by atoms with E-state index in [1.807, 2.05) is 21.1 Å². The predicted molar refractivity (Wildman–Crippen MR) is 169 cm³/mol. The fourth-order valence-electron chi connectivity index (χ4n) is 9.57. The largest absolute Gasteiger partial charge is 0.870 e. The van der Waals surface area contributed by atoms with Gasteiger partial charge in [-0.1, -0.05) is 65.5 Å². The first kappa shape index (κ1) is 36.7. The second kappa shape index (κ2) is 14.3. The lowest BCUT2D eigenvalue weighted by Crippen LogP contribution is -2.51. The number of quaternary nitrogens is 1. The lowest BCUT2D eigenvalue weighted by atomic mass is 9.47. The molecular weight excluding hydrogens is 565 g/mol. The van der Waals surface area contributed by atoms with Crippen LogP contribution in [0.4, 0.5) is 0 Å². The highest BCUT2D eigenvalue weighted by atomic mass is 31.2. The van der Waals surface area contributed by atoms with Gasteiger partial charge < -0.3 is 19.6 Å². The third-order valence-electron chi connectivity index (χ3n) is 11.9. The Morgan fingerprint density at radius 3 is 2.44 bits per heavy atom. The van der Waals surface area contributed by atoms with Crippen LogP contribution in [0.1, 0.15) is 105 Å². The molecule has 2 N–H and O–H groups in total. The Morgan fingerprint density at radius 1 is 1.05 bits per heavy atom. The normalized spacial score (nSPS) is 36.0. The van der Waals surface area contributed by atoms with Gasteiger partial charge in [0.2, 0.25) is 0 Å². The van der Waals surface area contributed by atoms with Crippen molar-refractivity contribution in [2.24, 2.45) is 46.3 Å². The van der Waals surface area contributed by atoms with Crippen LogP contribution in [0, 0.1) is 46.3 Å². The number of ether oxygens (including phenoxy) is 1. The standard InChI is InChI=1S/C34H60NO6P.H2O/c1-24(2)10-9-11-25(3)29-14-15-30-28-13-12-26-22-27(16-18-33(26,4)31(28)17-19-34(29,30)5)41-32(36)23-40-42(37,38)39-21-20-35(6,7)8;/h12,24-25,27-31H,9-11,13-23H2,1-8H3;1H2/t25-,27+,28+,29-,30+,31+,33+,34-;/m1./s1. The van der Waals surface area contributed by atoms with Gasteiger partial charge in [0.25, 0.3) is 0 Å². The summed E-state index contributed by atoms with van der Waals surface area (Å²) in [6, 6.07) is 0. The number of hydrogen-bond acceptors (Lipinski definition) is 6. The van der Waals surface area contributed by atoms with E-state index in [4.69, 9.17) is 13.8 Å². The molecule has 250 valence electrons. The summed E-state index contributed by atoms with van der Waals surface area (Å²) in [6.07, 6.45) is 15.7. The van der Waals surface area contributed by atoms with Crippen molar-refractivity contribution in [3.63, 3.8) is 0 Å². The van der Waals surface area contributed by atoms with E-state index in [0.717, 1.165) is 61.2 Å². The summed E-state index contributed by atoms with van der Waals surface area (Å²) in [5, 5.41) is 0.